The molecule has 0 aliphatic heterocycles. The molecule has 5 nitrogen and oxygen atoms in total. The normalized spacial score (nSPS) is 9.86. The molecule has 78 valence electrons. The van der Waals surface area contributed by atoms with Crippen LogP contribution in [0.1, 0.15) is 6.42 Å². The summed E-state index contributed by atoms with van der Waals surface area (Å²) in [5.41, 5.74) is 0. The van der Waals surface area contributed by atoms with Gasteiger partial charge in [-0.15, -0.1) is 0 Å². The number of ether oxygens (including phenoxy) is 1. The van der Waals surface area contributed by atoms with Crippen molar-refractivity contribution >= 4 is 11.6 Å². The molecular formula is C9H16N4O. The van der Waals surface area contributed by atoms with E-state index in [0.29, 0.717) is 0 Å². The Labute approximate surface area is 83.9 Å². The van der Waals surface area contributed by atoms with Crippen LogP contribution in [0.3, 0.4) is 0 Å². The van der Waals surface area contributed by atoms with Gasteiger partial charge < -0.3 is 15.4 Å². The highest BCUT2D eigenvalue weighted by molar-refractivity contribution is 5.40. The van der Waals surface area contributed by atoms with Crippen LogP contribution in [0.2, 0.25) is 0 Å². The van der Waals surface area contributed by atoms with Crippen molar-refractivity contribution in [3.8, 4) is 0 Å². The Balaban J connectivity index is 2.34. The topological polar surface area (TPSA) is 59.1 Å². The summed E-state index contributed by atoms with van der Waals surface area (Å²) >= 11 is 0. The summed E-state index contributed by atoms with van der Waals surface area (Å²) in [5, 5.41) is 6.09. The van der Waals surface area contributed by atoms with Crippen molar-refractivity contribution < 1.29 is 4.74 Å². The highest BCUT2D eigenvalue weighted by Crippen LogP contribution is 2.05. The van der Waals surface area contributed by atoms with Crippen LogP contribution in [0.15, 0.2) is 12.4 Å². The average molecular weight is 196 g/mol. The smallest absolute Gasteiger partial charge is 0.146 e. The summed E-state index contributed by atoms with van der Waals surface area (Å²) < 4.78 is 4.94. The minimum Gasteiger partial charge on any atom is -0.385 e. The Kier molecular flexibility index (Phi) is 4.71. The first-order valence-corrected chi connectivity index (χ1v) is 4.59. The second kappa shape index (κ2) is 6.15. The first kappa shape index (κ1) is 10.7. The summed E-state index contributed by atoms with van der Waals surface area (Å²) in [6, 6.07) is 0. The lowest BCUT2D eigenvalue weighted by Gasteiger charge is -2.05. The van der Waals surface area contributed by atoms with Gasteiger partial charge in [0.15, 0.2) is 0 Å². The quantitative estimate of drug-likeness (QED) is 0.664. The number of hydrogen-bond donors (Lipinski definition) is 2. The molecule has 0 saturated carbocycles. The van der Waals surface area contributed by atoms with Gasteiger partial charge in [-0.3, -0.25) is 4.98 Å². The average Bonchev–Trinajstić information content (AvgIpc) is 2.25. The molecule has 0 fully saturated rings. The lowest BCUT2D eigenvalue weighted by molar-refractivity contribution is 0.198. The van der Waals surface area contributed by atoms with Gasteiger partial charge in [-0.1, -0.05) is 0 Å². The van der Waals surface area contributed by atoms with Crippen molar-refractivity contribution in [3.05, 3.63) is 12.4 Å². The van der Waals surface area contributed by atoms with Crippen molar-refractivity contribution in [3.63, 3.8) is 0 Å². The van der Waals surface area contributed by atoms with E-state index in [9.17, 15) is 0 Å². The molecule has 0 amide bonds. The van der Waals surface area contributed by atoms with E-state index < -0.39 is 0 Å². The van der Waals surface area contributed by atoms with Gasteiger partial charge in [0.1, 0.15) is 11.6 Å². The Morgan fingerprint density at radius 1 is 1.36 bits per heavy atom. The van der Waals surface area contributed by atoms with E-state index in [2.05, 4.69) is 20.6 Å². The van der Waals surface area contributed by atoms with Gasteiger partial charge >= 0.3 is 0 Å². The number of rotatable bonds is 6. The van der Waals surface area contributed by atoms with Gasteiger partial charge in [-0.2, -0.15) is 0 Å². The summed E-state index contributed by atoms with van der Waals surface area (Å²) in [6.45, 7) is 1.60. The molecule has 0 unspecified atom stereocenters. The van der Waals surface area contributed by atoms with Crippen LogP contribution in [-0.4, -0.2) is 37.3 Å². The molecule has 1 aromatic rings. The van der Waals surface area contributed by atoms with E-state index in [1.807, 2.05) is 7.05 Å². The van der Waals surface area contributed by atoms with Crippen molar-refractivity contribution in [2.45, 2.75) is 6.42 Å². The Morgan fingerprint density at radius 3 is 2.86 bits per heavy atom. The number of anilines is 2. The highest BCUT2D eigenvalue weighted by atomic mass is 16.5. The van der Waals surface area contributed by atoms with E-state index >= 15 is 0 Å². The fourth-order valence-electron chi connectivity index (χ4n) is 1.00. The van der Waals surface area contributed by atoms with Gasteiger partial charge in [-0.05, 0) is 6.42 Å². The van der Waals surface area contributed by atoms with Crippen LogP contribution in [-0.2, 0) is 4.74 Å². The van der Waals surface area contributed by atoms with Gasteiger partial charge in [-0.25, -0.2) is 4.98 Å². The van der Waals surface area contributed by atoms with Crippen molar-refractivity contribution in [1.29, 1.82) is 0 Å². The third-order valence-corrected chi connectivity index (χ3v) is 1.72. The first-order valence-electron chi connectivity index (χ1n) is 4.59. The lowest BCUT2D eigenvalue weighted by atomic mass is 10.4. The molecule has 2 N–H and O–H groups in total. The predicted octanol–water partition coefficient (Wildman–Crippen LogP) is 0.967. The second-order valence-electron chi connectivity index (χ2n) is 2.81. The van der Waals surface area contributed by atoms with Crippen molar-refractivity contribution in [2.24, 2.45) is 0 Å². The molecule has 14 heavy (non-hydrogen) atoms. The zero-order valence-electron chi connectivity index (χ0n) is 8.58. The number of methoxy groups -OCH3 is 1. The summed E-state index contributed by atoms with van der Waals surface area (Å²) in [5.74, 6) is 1.55. The maximum absolute atomic E-state index is 4.94. The summed E-state index contributed by atoms with van der Waals surface area (Å²) in [6.07, 6.45) is 4.34. The van der Waals surface area contributed by atoms with Crippen molar-refractivity contribution in [1.82, 2.24) is 9.97 Å². The maximum atomic E-state index is 4.94. The number of nitrogens with zero attached hydrogens (tertiary/aromatic N) is 2. The molecule has 0 bridgehead atoms. The van der Waals surface area contributed by atoms with Crippen molar-refractivity contribution in [2.75, 3.05) is 37.9 Å². The van der Waals surface area contributed by atoms with Crippen LogP contribution < -0.4 is 10.6 Å². The van der Waals surface area contributed by atoms with E-state index in [1.54, 1.807) is 19.5 Å². The Morgan fingerprint density at radius 2 is 2.14 bits per heavy atom. The zero-order valence-corrected chi connectivity index (χ0v) is 8.58. The SMILES string of the molecule is CNc1cncc(NCCCOC)n1. The standard InChI is InChI=1S/C9H16N4O/c1-10-8-6-11-7-9(13-8)12-4-3-5-14-2/h6-7H,3-5H2,1-2H3,(H2,10,12,13). The van der Waals surface area contributed by atoms with Gasteiger partial charge in [0, 0.05) is 27.3 Å². The summed E-state index contributed by atoms with van der Waals surface area (Å²) in [4.78, 5) is 8.30. The monoisotopic (exact) mass is 196 g/mol. The largest absolute Gasteiger partial charge is 0.385 e. The van der Waals surface area contributed by atoms with Crippen LogP contribution in [0.4, 0.5) is 11.6 Å². The fraction of sp³-hybridized carbons (Fsp3) is 0.556. The number of hydrogen-bond acceptors (Lipinski definition) is 5. The molecule has 1 heterocycles. The lowest BCUT2D eigenvalue weighted by Crippen LogP contribution is -2.07. The molecule has 0 aromatic carbocycles. The molecule has 0 saturated heterocycles. The molecule has 1 rings (SSSR count). The predicted molar refractivity (Wildman–Crippen MR) is 56.6 cm³/mol. The molecule has 1 aromatic heterocycles. The molecule has 5 heteroatoms. The Hall–Kier alpha value is -1.36. The van der Waals surface area contributed by atoms with Crippen LogP contribution in [0, 0.1) is 0 Å². The first-order chi connectivity index (χ1) is 6.86. The summed E-state index contributed by atoms with van der Waals surface area (Å²) in [7, 11) is 3.51. The fourth-order valence-corrected chi connectivity index (χ4v) is 1.00. The van der Waals surface area contributed by atoms with E-state index in [0.717, 1.165) is 31.2 Å². The minimum absolute atomic E-state index is 0.756. The maximum Gasteiger partial charge on any atom is 0.146 e. The third-order valence-electron chi connectivity index (χ3n) is 1.72. The third kappa shape index (κ3) is 3.57. The minimum atomic E-state index is 0.756. The molecule has 0 spiro atoms. The molecule has 0 aliphatic rings. The Bertz CT molecular complexity index is 267. The number of aromatic nitrogens is 2. The van der Waals surface area contributed by atoms with E-state index in [-0.39, 0.29) is 0 Å². The molecule has 0 aliphatic carbocycles. The number of nitrogens with one attached hydrogen (secondary N) is 2. The van der Waals surface area contributed by atoms with Crippen LogP contribution in [0.5, 0.6) is 0 Å². The van der Waals surface area contributed by atoms with Gasteiger partial charge in [0.2, 0.25) is 0 Å². The zero-order chi connectivity index (χ0) is 10.2. The van der Waals surface area contributed by atoms with E-state index in [4.69, 9.17) is 4.74 Å². The van der Waals surface area contributed by atoms with Gasteiger partial charge in [0.25, 0.3) is 0 Å². The van der Waals surface area contributed by atoms with Crippen LogP contribution >= 0.6 is 0 Å². The van der Waals surface area contributed by atoms with Gasteiger partial charge in [0.05, 0.1) is 12.4 Å². The molecule has 0 atom stereocenters. The van der Waals surface area contributed by atoms with E-state index in [1.165, 1.54) is 0 Å². The molecule has 0 radical (unpaired) electrons. The van der Waals surface area contributed by atoms with Crippen LogP contribution in [0.25, 0.3) is 0 Å². The second-order valence-corrected chi connectivity index (χ2v) is 2.81. The highest BCUT2D eigenvalue weighted by Gasteiger charge is 1.95. The molecular weight excluding hydrogens is 180 g/mol.